The van der Waals surface area contributed by atoms with Crippen LogP contribution < -0.4 is 11.5 Å². The Kier molecular flexibility index (Phi) is 37.6. The van der Waals surface area contributed by atoms with Crippen LogP contribution in [0, 0.1) is 0 Å². The summed E-state index contributed by atoms with van der Waals surface area (Å²) in [5, 5.41) is 0. The standard InChI is InChI=1S/C44H90N4O2/c1-4-7-10-12-14-16-18-20-22-24-26-28-30-32-34-37-40-47(43(45)49)42(39-36-9-6-3)48(44(46)50)41-38-35-33-31-29-27-25-23-21-19-17-15-13-11-8-5-2/h42H,4-41H2,1-3H3,(H2,45,49)(H2,46,50). The van der Waals surface area contributed by atoms with E-state index in [2.05, 4.69) is 20.8 Å². The van der Waals surface area contributed by atoms with E-state index < -0.39 is 12.1 Å². The van der Waals surface area contributed by atoms with Gasteiger partial charge in [-0.3, -0.25) is 0 Å². The highest BCUT2D eigenvalue weighted by Crippen LogP contribution is 2.20. The maximum absolute atomic E-state index is 12.7. The van der Waals surface area contributed by atoms with E-state index in [0.717, 1.165) is 51.4 Å². The molecule has 0 heterocycles. The molecule has 4 amide bonds. The number of hydrogen-bond acceptors (Lipinski definition) is 2. The van der Waals surface area contributed by atoms with Crippen LogP contribution in [0.5, 0.6) is 0 Å². The van der Waals surface area contributed by atoms with Gasteiger partial charge in [-0.15, -0.1) is 0 Å². The van der Waals surface area contributed by atoms with Gasteiger partial charge < -0.3 is 21.3 Å². The zero-order valence-electron chi connectivity index (χ0n) is 34.3. The van der Waals surface area contributed by atoms with Crippen LogP contribution >= 0.6 is 0 Å². The minimum Gasteiger partial charge on any atom is -0.351 e. The first-order valence-electron chi connectivity index (χ1n) is 22.6. The van der Waals surface area contributed by atoms with E-state index in [9.17, 15) is 9.59 Å². The van der Waals surface area contributed by atoms with Crippen LogP contribution in [-0.4, -0.2) is 41.1 Å². The Morgan fingerprint density at radius 1 is 0.340 bits per heavy atom. The van der Waals surface area contributed by atoms with Crippen molar-refractivity contribution in [2.75, 3.05) is 13.1 Å². The van der Waals surface area contributed by atoms with Crippen LogP contribution in [0.4, 0.5) is 9.59 Å². The minimum absolute atomic E-state index is 0.329. The summed E-state index contributed by atoms with van der Waals surface area (Å²) in [7, 11) is 0. The van der Waals surface area contributed by atoms with Crippen molar-refractivity contribution in [3.63, 3.8) is 0 Å². The Morgan fingerprint density at radius 3 is 0.760 bits per heavy atom. The average Bonchev–Trinajstić information content (AvgIpc) is 3.10. The lowest BCUT2D eigenvalue weighted by Crippen LogP contribution is -2.56. The number of carbonyl (C=O) groups excluding carboxylic acids is 2. The zero-order valence-corrected chi connectivity index (χ0v) is 34.3. The lowest BCUT2D eigenvalue weighted by atomic mass is 10.0. The van der Waals surface area contributed by atoms with E-state index in [0.29, 0.717) is 13.1 Å². The van der Waals surface area contributed by atoms with Crippen molar-refractivity contribution in [2.45, 2.75) is 258 Å². The molecule has 4 N–H and O–H groups in total. The maximum Gasteiger partial charge on any atom is 0.316 e. The molecule has 0 rings (SSSR count). The van der Waals surface area contributed by atoms with Crippen molar-refractivity contribution in [3.05, 3.63) is 0 Å². The molecule has 0 fully saturated rings. The molecule has 0 saturated carbocycles. The van der Waals surface area contributed by atoms with E-state index in [1.807, 2.05) is 0 Å². The fraction of sp³-hybridized carbons (Fsp3) is 0.955. The Labute approximate surface area is 313 Å². The van der Waals surface area contributed by atoms with Crippen molar-refractivity contribution in [3.8, 4) is 0 Å². The van der Waals surface area contributed by atoms with Gasteiger partial charge in [-0.2, -0.15) is 0 Å². The monoisotopic (exact) mass is 707 g/mol. The molecule has 0 aromatic heterocycles. The van der Waals surface area contributed by atoms with E-state index in [-0.39, 0.29) is 6.17 Å². The quantitative estimate of drug-likeness (QED) is 0.0490. The zero-order chi connectivity index (χ0) is 36.8. The molecule has 0 bridgehead atoms. The molecule has 0 unspecified atom stereocenters. The second-order valence-electron chi connectivity index (χ2n) is 15.6. The van der Waals surface area contributed by atoms with Gasteiger partial charge in [-0.05, 0) is 25.7 Å². The molecule has 298 valence electrons. The van der Waals surface area contributed by atoms with E-state index in [1.54, 1.807) is 9.80 Å². The smallest absolute Gasteiger partial charge is 0.316 e. The summed E-state index contributed by atoms with van der Waals surface area (Å²) in [6.07, 6.45) is 45.8. The Morgan fingerprint density at radius 2 is 0.540 bits per heavy atom. The van der Waals surface area contributed by atoms with Crippen LogP contribution in [0.25, 0.3) is 0 Å². The van der Waals surface area contributed by atoms with Crippen molar-refractivity contribution in [1.82, 2.24) is 9.80 Å². The van der Waals surface area contributed by atoms with Crippen molar-refractivity contribution >= 4 is 12.1 Å². The molecule has 0 spiro atoms. The summed E-state index contributed by atoms with van der Waals surface area (Å²) >= 11 is 0. The summed E-state index contributed by atoms with van der Waals surface area (Å²) in [5.41, 5.74) is 11.9. The third kappa shape index (κ3) is 31.3. The molecule has 6 heteroatoms. The third-order valence-electron chi connectivity index (χ3n) is 10.9. The molecular weight excluding hydrogens is 617 g/mol. The largest absolute Gasteiger partial charge is 0.351 e. The Balaban J connectivity index is 4.29. The number of urea groups is 2. The number of nitrogens with two attached hydrogens (primary N) is 2. The second-order valence-corrected chi connectivity index (χ2v) is 15.6. The van der Waals surface area contributed by atoms with Crippen LogP contribution in [0.3, 0.4) is 0 Å². The highest BCUT2D eigenvalue weighted by molar-refractivity contribution is 5.75. The van der Waals surface area contributed by atoms with Crippen LogP contribution in [0.1, 0.15) is 252 Å². The molecule has 0 aromatic rings. The van der Waals surface area contributed by atoms with Gasteiger partial charge in [-0.25, -0.2) is 9.59 Å². The van der Waals surface area contributed by atoms with Crippen molar-refractivity contribution < 1.29 is 9.59 Å². The average molecular weight is 707 g/mol. The lowest BCUT2D eigenvalue weighted by Gasteiger charge is -2.38. The number of carbonyl (C=O) groups is 2. The lowest BCUT2D eigenvalue weighted by molar-refractivity contribution is 0.0818. The SMILES string of the molecule is CCCCCCCCCCCCCCCCCCN(C(N)=O)C(CCCCC)N(CCCCCCCCCCCCCCCCCC)C(N)=O. The Bertz CT molecular complexity index is 664. The van der Waals surface area contributed by atoms with E-state index in [4.69, 9.17) is 11.5 Å². The fourth-order valence-corrected chi connectivity index (χ4v) is 7.53. The summed E-state index contributed by atoms with van der Waals surface area (Å²) in [4.78, 5) is 28.9. The van der Waals surface area contributed by atoms with Gasteiger partial charge >= 0.3 is 12.1 Å². The third-order valence-corrected chi connectivity index (χ3v) is 10.9. The molecule has 0 saturated heterocycles. The summed E-state index contributed by atoms with van der Waals surface area (Å²) in [6, 6.07) is -0.851. The van der Waals surface area contributed by atoms with Gasteiger partial charge in [0.25, 0.3) is 0 Å². The predicted octanol–water partition coefficient (Wildman–Crippen LogP) is 14.2. The number of rotatable bonds is 40. The van der Waals surface area contributed by atoms with Gasteiger partial charge in [-0.1, -0.05) is 226 Å². The summed E-state index contributed by atoms with van der Waals surface area (Å²) in [5.74, 6) is 0. The first-order valence-corrected chi connectivity index (χ1v) is 22.6. The number of unbranched alkanes of at least 4 members (excludes halogenated alkanes) is 32. The molecule has 6 nitrogen and oxygen atoms in total. The number of hydrogen-bond donors (Lipinski definition) is 2. The normalized spacial score (nSPS) is 11.4. The molecule has 0 aliphatic carbocycles. The minimum atomic E-state index is -0.425. The van der Waals surface area contributed by atoms with Gasteiger partial charge in [0, 0.05) is 13.1 Å². The molecular formula is C44H90N4O2. The first-order chi connectivity index (χ1) is 24.5. The predicted molar refractivity (Wildman–Crippen MR) is 220 cm³/mol. The van der Waals surface area contributed by atoms with Gasteiger partial charge in [0.1, 0.15) is 6.17 Å². The van der Waals surface area contributed by atoms with E-state index >= 15 is 0 Å². The van der Waals surface area contributed by atoms with Crippen LogP contribution in [0.2, 0.25) is 0 Å². The van der Waals surface area contributed by atoms with Crippen LogP contribution in [0.15, 0.2) is 0 Å². The number of amides is 4. The molecule has 0 atom stereocenters. The highest BCUT2D eigenvalue weighted by atomic mass is 16.2. The van der Waals surface area contributed by atoms with Gasteiger partial charge in [0.15, 0.2) is 0 Å². The molecule has 50 heavy (non-hydrogen) atoms. The number of nitrogens with zero attached hydrogens (tertiary/aromatic N) is 2. The van der Waals surface area contributed by atoms with Gasteiger partial charge in [0.05, 0.1) is 0 Å². The molecule has 0 aliphatic rings. The Hall–Kier alpha value is -1.46. The van der Waals surface area contributed by atoms with Gasteiger partial charge in [0.2, 0.25) is 0 Å². The summed E-state index contributed by atoms with van der Waals surface area (Å²) < 4.78 is 0. The molecule has 0 radical (unpaired) electrons. The fourth-order valence-electron chi connectivity index (χ4n) is 7.53. The summed E-state index contributed by atoms with van der Waals surface area (Å²) in [6.45, 7) is 7.96. The van der Waals surface area contributed by atoms with E-state index in [1.165, 1.54) is 180 Å². The van der Waals surface area contributed by atoms with Crippen molar-refractivity contribution in [2.24, 2.45) is 11.5 Å². The number of primary amides is 2. The molecule has 0 aromatic carbocycles. The topological polar surface area (TPSA) is 92.7 Å². The van der Waals surface area contributed by atoms with Crippen LogP contribution in [-0.2, 0) is 0 Å². The highest BCUT2D eigenvalue weighted by Gasteiger charge is 2.29. The first kappa shape index (κ1) is 48.5. The second kappa shape index (κ2) is 38.8. The maximum atomic E-state index is 12.7. The van der Waals surface area contributed by atoms with Crippen molar-refractivity contribution in [1.29, 1.82) is 0 Å². The molecule has 0 aliphatic heterocycles.